The minimum absolute atomic E-state index is 0.295. The van der Waals surface area contributed by atoms with E-state index in [4.69, 9.17) is 14.6 Å². The fourth-order valence-corrected chi connectivity index (χ4v) is 2.63. The minimum Gasteiger partial charge on any atom is -0.443 e. The quantitative estimate of drug-likeness (QED) is 0.567. The van der Waals surface area contributed by atoms with Crippen LogP contribution in [0.4, 0.5) is 0 Å². The summed E-state index contributed by atoms with van der Waals surface area (Å²) < 4.78 is 31.3. The van der Waals surface area contributed by atoms with Crippen molar-refractivity contribution in [2.75, 3.05) is 19.8 Å². The number of rotatable bonds is 6. The third-order valence-electron chi connectivity index (χ3n) is 2.85. The van der Waals surface area contributed by atoms with Crippen molar-refractivity contribution >= 4 is 21.0 Å². The minimum atomic E-state index is -3.97. The summed E-state index contributed by atoms with van der Waals surface area (Å²) >= 11 is 0. The number of aliphatic hydroxyl groups is 3. The van der Waals surface area contributed by atoms with Crippen LogP contribution in [0.3, 0.4) is 0 Å². The molecule has 0 aliphatic carbocycles. The molecule has 0 radical (unpaired) electrons. The number of aliphatic hydroxyl groups excluding tert-OH is 2. The lowest BCUT2D eigenvalue weighted by Crippen LogP contribution is -2.48. The number of hydrogen-bond acceptors (Lipinski definition) is 6. The molecule has 0 unspecified atom stereocenters. The Kier molecular flexibility index (Phi) is 4.11. The standard InChI is InChI=1S/C12H15NO6S/c14-7-12(16,8-15)6-13-20(17,18)11-5-9-3-1-2-4-10(9)19-11/h1-5,13-16H,6-8H2. The van der Waals surface area contributed by atoms with Gasteiger partial charge in [-0.15, -0.1) is 0 Å². The molecule has 1 aromatic heterocycles. The molecule has 0 bridgehead atoms. The summed E-state index contributed by atoms with van der Waals surface area (Å²) in [4.78, 5) is 0. The average molecular weight is 301 g/mol. The Bertz CT molecular complexity index is 656. The van der Waals surface area contributed by atoms with Crippen molar-refractivity contribution < 1.29 is 28.2 Å². The third kappa shape index (κ3) is 3.00. The number of furan rings is 1. The van der Waals surface area contributed by atoms with Crippen LogP contribution in [0.5, 0.6) is 0 Å². The summed E-state index contributed by atoms with van der Waals surface area (Å²) in [5.41, 5.74) is -1.49. The van der Waals surface area contributed by atoms with Crippen molar-refractivity contribution in [3.8, 4) is 0 Å². The summed E-state index contributed by atoms with van der Waals surface area (Å²) in [5.74, 6) is 0. The second-order valence-electron chi connectivity index (χ2n) is 4.47. The number of para-hydroxylation sites is 1. The van der Waals surface area contributed by atoms with E-state index < -0.39 is 35.4 Å². The second kappa shape index (κ2) is 5.51. The van der Waals surface area contributed by atoms with Crippen LogP contribution in [-0.2, 0) is 10.0 Å². The fraction of sp³-hybridized carbons (Fsp3) is 0.333. The summed E-state index contributed by atoms with van der Waals surface area (Å²) in [5, 5.41) is 27.8. The molecule has 8 heteroatoms. The second-order valence-corrected chi connectivity index (χ2v) is 6.17. The first-order valence-corrected chi connectivity index (χ1v) is 7.31. The van der Waals surface area contributed by atoms with E-state index in [-0.39, 0.29) is 5.09 Å². The molecule has 0 fully saturated rings. The van der Waals surface area contributed by atoms with E-state index in [9.17, 15) is 13.5 Å². The molecule has 110 valence electrons. The van der Waals surface area contributed by atoms with Crippen LogP contribution in [0.1, 0.15) is 0 Å². The maximum absolute atomic E-state index is 12.0. The van der Waals surface area contributed by atoms with Gasteiger partial charge in [-0.3, -0.25) is 0 Å². The van der Waals surface area contributed by atoms with Crippen LogP contribution >= 0.6 is 0 Å². The maximum Gasteiger partial charge on any atom is 0.274 e. The fourth-order valence-electron chi connectivity index (χ4n) is 1.55. The Balaban J connectivity index is 2.22. The molecule has 4 N–H and O–H groups in total. The van der Waals surface area contributed by atoms with Crippen LogP contribution in [0.2, 0.25) is 0 Å². The first kappa shape index (κ1) is 14.9. The summed E-state index contributed by atoms with van der Waals surface area (Å²) in [6.45, 7) is -2.07. The van der Waals surface area contributed by atoms with Gasteiger partial charge in [-0.1, -0.05) is 18.2 Å². The van der Waals surface area contributed by atoms with E-state index in [1.165, 1.54) is 6.07 Å². The van der Waals surface area contributed by atoms with Gasteiger partial charge in [-0.05, 0) is 6.07 Å². The van der Waals surface area contributed by atoms with Crippen molar-refractivity contribution in [2.24, 2.45) is 0 Å². The highest BCUT2D eigenvalue weighted by molar-refractivity contribution is 7.89. The molecule has 0 saturated heterocycles. The van der Waals surface area contributed by atoms with E-state index in [1.807, 2.05) is 0 Å². The number of hydrogen-bond donors (Lipinski definition) is 4. The Morgan fingerprint density at radius 2 is 1.85 bits per heavy atom. The predicted molar refractivity (Wildman–Crippen MR) is 70.5 cm³/mol. The Labute approximate surface area is 115 Å². The highest BCUT2D eigenvalue weighted by Crippen LogP contribution is 2.22. The first-order chi connectivity index (χ1) is 9.40. The van der Waals surface area contributed by atoms with Crippen LogP contribution in [0, 0.1) is 0 Å². The summed E-state index contributed by atoms with van der Waals surface area (Å²) in [6.07, 6.45) is 0. The van der Waals surface area contributed by atoms with Crippen LogP contribution in [-0.4, -0.2) is 49.1 Å². The normalized spacial score (nSPS) is 12.9. The van der Waals surface area contributed by atoms with Crippen molar-refractivity contribution in [2.45, 2.75) is 10.7 Å². The zero-order valence-electron chi connectivity index (χ0n) is 10.5. The molecule has 1 heterocycles. The highest BCUT2D eigenvalue weighted by atomic mass is 32.2. The van der Waals surface area contributed by atoms with Crippen molar-refractivity contribution in [1.82, 2.24) is 4.72 Å². The topological polar surface area (TPSA) is 120 Å². The monoisotopic (exact) mass is 301 g/mol. The Hall–Kier alpha value is -1.45. The molecule has 1 aromatic carbocycles. The molecule has 0 aliphatic rings. The Morgan fingerprint density at radius 3 is 2.45 bits per heavy atom. The van der Waals surface area contributed by atoms with Gasteiger partial charge in [0, 0.05) is 18.0 Å². The molecule has 0 atom stereocenters. The Morgan fingerprint density at radius 1 is 1.20 bits per heavy atom. The van der Waals surface area contributed by atoms with Gasteiger partial charge in [0.25, 0.3) is 10.0 Å². The van der Waals surface area contributed by atoms with Gasteiger partial charge >= 0.3 is 0 Å². The van der Waals surface area contributed by atoms with Gasteiger partial charge in [-0.2, -0.15) is 0 Å². The molecule has 0 spiro atoms. The van der Waals surface area contributed by atoms with Crippen molar-refractivity contribution in [1.29, 1.82) is 0 Å². The molecule has 0 amide bonds. The van der Waals surface area contributed by atoms with Gasteiger partial charge in [0.05, 0.1) is 13.2 Å². The number of nitrogens with one attached hydrogen (secondary N) is 1. The smallest absolute Gasteiger partial charge is 0.274 e. The molecule has 20 heavy (non-hydrogen) atoms. The number of sulfonamides is 1. The van der Waals surface area contributed by atoms with E-state index in [0.717, 1.165) is 0 Å². The molecular formula is C12H15NO6S. The van der Waals surface area contributed by atoms with Gasteiger partial charge in [-0.25, -0.2) is 13.1 Å². The van der Waals surface area contributed by atoms with Crippen LogP contribution < -0.4 is 4.72 Å². The zero-order valence-corrected chi connectivity index (χ0v) is 11.3. The maximum atomic E-state index is 12.0. The zero-order chi connectivity index (χ0) is 14.8. The molecule has 0 saturated carbocycles. The van der Waals surface area contributed by atoms with Gasteiger partial charge < -0.3 is 19.7 Å². The average Bonchev–Trinajstić information content (AvgIpc) is 2.90. The summed E-state index contributed by atoms with van der Waals surface area (Å²) in [7, 11) is -3.97. The van der Waals surface area contributed by atoms with E-state index in [1.54, 1.807) is 24.3 Å². The van der Waals surface area contributed by atoms with Crippen LogP contribution in [0.15, 0.2) is 39.8 Å². The lowest BCUT2D eigenvalue weighted by atomic mass is 10.1. The number of fused-ring (bicyclic) bond motifs is 1. The highest BCUT2D eigenvalue weighted by Gasteiger charge is 2.29. The first-order valence-electron chi connectivity index (χ1n) is 5.82. The van der Waals surface area contributed by atoms with E-state index in [2.05, 4.69) is 4.72 Å². The molecule has 7 nitrogen and oxygen atoms in total. The van der Waals surface area contributed by atoms with Gasteiger partial charge in [0.15, 0.2) is 0 Å². The lowest BCUT2D eigenvalue weighted by Gasteiger charge is -2.22. The number of benzene rings is 1. The largest absolute Gasteiger partial charge is 0.443 e. The van der Waals surface area contributed by atoms with Gasteiger partial charge in [0.2, 0.25) is 5.09 Å². The van der Waals surface area contributed by atoms with Crippen molar-refractivity contribution in [3.63, 3.8) is 0 Å². The molecular weight excluding hydrogens is 286 g/mol. The molecule has 2 rings (SSSR count). The van der Waals surface area contributed by atoms with Crippen molar-refractivity contribution in [3.05, 3.63) is 30.3 Å². The SMILES string of the molecule is O=S(=O)(NCC(O)(CO)CO)c1cc2ccccc2o1. The molecule has 0 aliphatic heterocycles. The molecule has 2 aromatic rings. The predicted octanol–water partition coefficient (Wildman–Crippen LogP) is -0.573. The van der Waals surface area contributed by atoms with E-state index >= 15 is 0 Å². The summed E-state index contributed by atoms with van der Waals surface area (Å²) in [6, 6.07) is 8.15. The third-order valence-corrected chi connectivity index (χ3v) is 4.10. The van der Waals surface area contributed by atoms with Crippen LogP contribution in [0.25, 0.3) is 11.0 Å². The van der Waals surface area contributed by atoms with Gasteiger partial charge in [0.1, 0.15) is 11.2 Å². The lowest BCUT2D eigenvalue weighted by molar-refractivity contribution is -0.0496. The van der Waals surface area contributed by atoms with E-state index in [0.29, 0.717) is 11.0 Å².